The molecule has 5 heteroatoms. The number of benzene rings is 1. The van der Waals surface area contributed by atoms with Crippen molar-refractivity contribution >= 4 is 5.78 Å². The number of Topliss-reactive ketones (excluding diaryl/α,β-unsaturated/α-hetero) is 1. The third-order valence-corrected chi connectivity index (χ3v) is 7.80. The molecular weight excluding hydrogens is 450 g/mol. The van der Waals surface area contributed by atoms with Crippen molar-refractivity contribution in [2.75, 3.05) is 33.9 Å². The highest BCUT2D eigenvalue weighted by Gasteiger charge is 2.23. The number of carbonyl (C=O) groups is 1. The maximum atomic E-state index is 13.4. The molecule has 1 aliphatic heterocycles. The summed E-state index contributed by atoms with van der Waals surface area (Å²) in [6.07, 6.45) is 20.3. The lowest BCUT2D eigenvalue weighted by Gasteiger charge is -2.20. The molecule has 1 N–H and O–H groups in total. The predicted molar refractivity (Wildman–Crippen MR) is 149 cm³/mol. The first-order valence-corrected chi connectivity index (χ1v) is 14.8. The molecule has 0 aromatic heterocycles. The van der Waals surface area contributed by atoms with E-state index in [0.717, 1.165) is 32.2 Å². The summed E-state index contributed by atoms with van der Waals surface area (Å²) in [6.45, 7) is 5.77. The fraction of sp³-hybridized carbons (Fsp3) is 0.774. The van der Waals surface area contributed by atoms with E-state index in [1.165, 1.54) is 90.1 Å². The molecule has 1 atom stereocenters. The lowest BCUT2D eigenvalue weighted by atomic mass is 9.88. The number of unbranched alkanes of at least 4 members (excludes halogenated alkanes) is 10. The zero-order chi connectivity index (χ0) is 26.0. The van der Waals surface area contributed by atoms with E-state index in [2.05, 4.69) is 11.8 Å². The molecule has 1 saturated heterocycles. The van der Waals surface area contributed by atoms with Crippen LogP contribution in [0.15, 0.2) is 12.1 Å². The van der Waals surface area contributed by atoms with Gasteiger partial charge in [-0.25, -0.2) is 0 Å². The number of methoxy groups -OCH3 is 2. The van der Waals surface area contributed by atoms with Crippen LogP contribution >= 0.6 is 0 Å². The van der Waals surface area contributed by atoms with Crippen LogP contribution in [0, 0.1) is 5.92 Å². The molecule has 1 unspecified atom stereocenters. The first-order chi connectivity index (χ1) is 17.6. The van der Waals surface area contributed by atoms with Crippen LogP contribution in [0.4, 0.5) is 0 Å². The van der Waals surface area contributed by atoms with Gasteiger partial charge < -0.3 is 19.5 Å². The lowest BCUT2D eigenvalue weighted by molar-refractivity contribution is -0.122. The highest BCUT2D eigenvalue weighted by molar-refractivity contribution is 5.84. The Balaban J connectivity index is 1.81. The van der Waals surface area contributed by atoms with Crippen LogP contribution in [0.1, 0.15) is 115 Å². The highest BCUT2D eigenvalue weighted by atomic mass is 16.5. The minimum atomic E-state index is 0.0531. The van der Waals surface area contributed by atoms with Crippen molar-refractivity contribution in [1.29, 1.82) is 0 Å². The second kappa shape index (κ2) is 18.5. The van der Waals surface area contributed by atoms with Crippen molar-refractivity contribution < 1.29 is 19.4 Å². The van der Waals surface area contributed by atoms with Crippen molar-refractivity contribution in [1.82, 2.24) is 4.90 Å². The quantitative estimate of drug-likeness (QED) is 0.174. The molecule has 36 heavy (non-hydrogen) atoms. The van der Waals surface area contributed by atoms with Gasteiger partial charge in [0.25, 0.3) is 0 Å². The average Bonchev–Trinajstić information content (AvgIpc) is 3.40. The summed E-state index contributed by atoms with van der Waals surface area (Å²) in [6, 6.07) is 3.31. The van der Waals surface area contributed by atoms with Gasteiger partial charge in [-0.1, -0.05) is 77.6 Å². The summed E-state index contributed by atoms with van der Waals surface area (Å²) in [5.41, 5.74) is 0.576. The Hall–Kier alpha value is -1.75. The Kier molecular flexibility index (Phi) is 15.6. The molecule has 0 bridgehead atoms. The van der Waals surface area contributed by atoms with Gasteiger partial charge in [0.2, 0.25) is 0 Å². The van der Waals surface area contributed by atoms with Crippen molar-refractivity contribution in [3.8, 4) is 17.2 Å². The molecule has 1 aliphatic rings. The van der Waals surface area contributed by atoms with Crippen LogP contribution in [0.5, 0.6) is 17.2 Å². The normalized spacial score (nSPS) is 14.8. The first kappa shape index (κ1) is 30.5. The molecule has 1 aromatic carbocycles. The molecule has 5 nitrogen and oxygen atoms in total. The molecule has 0 saturated carbocycles. The average molecular weight is 504 g/mol. The van der Waals surface area contributed by atoms with Crippen molar-refractivity contribution in [3.63, 3.8) is 0 Å². The van der Waals surface area contributed by atoms with Gasteiger partial charge in [-0.2, -0.15) is 0 Å². The lowest BCUT2D eigenvalue weighted by Crippen LogP contribution is -2.23. The van der Waals surface area contributed by atoms with Gasteiger partial charge in [-0.05, 0) is 51.7 Å². The highest BCUT2D eigenvalue weighted by Crippen LogP contribution is 2.35. The summed E-state index contributed by atoms with van der Waals surface area (Å²) in [4.78, 5) is 15.9. The number of hydrogen-bond donors (Lipinski definition) is 1. The number of aromatic hydroxyl groups is 1. The fourth-order valence-electron chi connectivity index (χ4n) is 5.49. The first-order valence-electron chi connectivity index (χ1n) is 14.8. The maximum absolute atomic E-state index is 13.4. The number of ketones is 1. The van der Waals surface area contributed by atoms with Crippen LogP contribution in [-0.4, -0.2) is 49.6 Å². The van der Waals surface area contributed by atoms with Crippen LogP contribution < -0.4 is 9.47 Å². The fourth-order valence-corrected chi connectivity index (χ4v) is 5.49. The second-order valence-corrected chi connectivity index (χ2v) is 10.7. The van der Waals surface area contributed by atoms with Gasteiger partial charge in [0, 0.05) is 30.0 Å². The summed E-state index contributed by atoms with van der Waals surface area (Å²) >= 11 is 0. The standard InChI is InChI=1S/C31H53NO4/c1-4-5-6-7-8-9-10-11-12-13-14-18-26(19-17-22-32-20-15-16-21-32)29(33)25-28-30(34)23-27(35-2)24-31(28)36-3/h23-24,26,34H,4-22,25H2,1-3H3. The SMILES string of the molecule is CCCCCCCCCCCCCC(CCCN1CCCC1)C(=O)Cc1c(O)cc(OC)cc1OC. The molecule has 0 spiro atoms. The summed E-state index contributed by atoms with van der Waals surface area (Å²) in [5, 5.41) is 10.5. The molecule has 1 aromatic rings. The van der Waals surface area contributed by atoms with Gasteiger partial charge in [-0.3, -0.25) is 4.79 Å². The van der Waals surface area contributed by atoms with Gasteiger partial charge >= 0.3 is 0 Å². The number of phenols is 1. The Morgan fingerprint density at radius 1 is 0.861 bits per heavy atom. The number of ether oxygens (including phenoxy) is 2. The number of likely N-dealkylation sites (tertiary alicyclic amines) is 1. The van der Waals surface area contributed by atoms with Crippen LogP contribution in [0.3, 0.4) is 0 Å². The zero-order valence-electron chi connectivity index (χ0n) is 23.5. The van der Waals surface area contributed by atoms with E-state index in [0.29, 0.717) is 17.1 Å². The smallest absolute Gasteiger partial charge is 0.140 e. The second-order valence-electron chi connectivity index (χ2n) is 10.7. The van der Waals surface area contributed by atoms with Crippen LogP contribution in [0.25, 0.3) is 0 Å². The molecule has 0 radical (unpaired) electrons. The van der Waals surface area contributed by atoms with Gasteiger partial charge in [0.1, 0.15) is 23.0 Å². The molecule has 0 amide bonds. The molecule has 1 heterocycles. The third-order valence-electron chi connectivity index (χ3n) is 7.80. The molecule has 0 aliphatic carbocycles. The van der Waals surface area contributed by atoms with Crippen molar-refractivity contribution in [2.45, 2.75) is 116 Å². The summed E-state index contributed by atoms with van der Waals surface area (Å²) < 4.78 is 10.7. The molecule has 2 rings (SSSR count). The van der Waals surface area contributed by atoms with Crippen LogP contribution in [-0.2, 0) is 11.2 Å². The Morgan fingerprint density at radius 2 is 1.44 bits per heavy atom. The van der Waals surface area contributed by atoms with Gasteiger partial charge in [-0.15, -0.1) is 0 Å². The van der Waals surface area contributed by atoms with E-state index in [9.17, 15) is 9.90 Å². The van der Waals surface area contributed by atoms with E-state index >= 15 is 0 Å². The maximum Gasteiger partial charge on any atom is 0.140 e. The molecule has 1 fully saturated rings. The Bertz CT molecular complexity index is 730. The van der Waals surface area contributed by atoms with E-state index in [-0.39, 0.29) is 23.9 Å². The zero-order valence-corrected chi connectivity index (χ0v) is 23.5. The number of carbonyl (C=O) groups excluding carboxylic acids is 1. The minimum absolute atomic E-state index is 0.0531. The monoisotopic (exact) mass is 503 g/mol. The summed E-state index contributed by atoms with van der Waals surface area (Å²) in [5.74, 6) is 1.40. The Morgan fingerprint density at radius 3 is 2.03 bits per heavy atom. The van der Waals surface area contributed by atoms with Crippen molar-refractivity contribution in [2.24, 2.45) is 5.92 Å². The number of rotatable bonds is 21. The topological polar surface area (TPSA) is 59.0 Å². The van der Waals surface area contributed by atoms with Gasteiger partial charge in [0.05, 0.1) is 14.2 Å². The Labute approximate surface area is 220 Å². The van der Waals surface area contributed by atoms with Gasteiger partial charge in [0.15, 0.2) is 0 Å². The van der Waals surface area contributed by atoms with E-state index in [1.54, 1.807) is 26.4 Å². The minimum Gasteiger partial charge on any atom is -0.507 e. The number of phenolic OH excluding ortho intramolecular Hbond substituents is 1. The van der Waals surface area contributed by atoms with E-state index in [1.807, 2.05) is 0 Å². The predicted octanol–water partition coefficient (Wildman–Crippen LogP) is 7.71. The third kappa shape index (κ3) is 11.5. The van der Waals surface area contributed by atoms with Crippen molar-refractivity contribution in [3.05, 3.63) is 17.7 Å². The number of hydrogen-bond acceptors (Lipinski definition) is 5. The molecular formula is C31H53NO4. The van der Waals surface area contributed by atoms with E-state index < -0.39 is 0 Å². The number of nitrogens with zero attached hydrogens (tertiary/aromatic N) is 1. The summed E-state index contributed by atoms with van der Waals surface area (Å²) in [7, 11) is 3.13. The van der Waals surface area contributed by atoms with E-state index in [4.69, 9.17) is 9.47 Å². The largest absolute Gasteiger partial charge is 0.507 e. The molecule has 206 valence electrons. The van der Waals surface area contributed by atoms with Crippen LogP contribution in [0.2, 0.25) is 0 Å².